The molecule has 0 aliphatic carbocycles. The number of rotatable bonds is 6. The highest BCUT2D eigenvalue weighted by molar-refractivity contribution is 6.05. The van der Waals surface area contributed by atoms with Crippen LogP contribution in [-0.2, 0) is 4.79 Å². The monoisotopic (exact) mass is 485 g/mol. The summed E-state index contributed by atoms with van der Waals surface area (Å²) in [5.74, 6) is 6.47. The minimum absolute atomic E-state index is 0.0372. The zero-order valence-corrected chi connectivity index (χ0v) is 19.7. The summed E-state index contributed by atoms with van der Waals surface area (Å²) in [6, 6.07) is 16.7. The number of nitrogens with one attached hydrogen (secondary N) is 1. The van der Waals surface area contributed by atoms with Crippen molar-refractivity contribution in [2.45, 2.75) is 31.3 Å². The smallest absolute Gasteiger partial charge is 0.303 e. The van der Waals surface area contributed by atoms with Crippen molar-refractivity contribution < 1.29 is 14.3 Å². The quantitative estimate of drug-likeness (QED) is 0.231. The molecule has 2 atom stereocenters. The van der Waals surface area contributed by atoms with E-state index in [0.717, 1.165) is 30.6 Å². The lowest BCUT2D eigenvalue weighted by Gasteiger charge is -2.35. The molecule has 36 heavy (non-hydrogen) atoms. The summed E-state index contributed by atoms with van der Waals surface area (Å²) in [5, 5.41) is 15.0. The molecule has 0 spiro atoms. The molecule has 3 N–H and O–H groups in total. The van der Waals surface area contributed by atoms with Gasteiger partial charge in [0.15, 0.2) is 0 Å². The Morgan fingerprint density at radius 1 is 1.08 bits per heavy atom. The number of likely N-dealkylation sites (tertiary alicyclic amines) is 1. The molecule has 0 radical (unpaired) electrons. The molecule has 2 amide bonds. The summed E-state index contributed by atoms with van der Waals surface area (Å²) in [5.41, 5.74) is 1.48. The average molecular weight is 486 g/mol. The standard InChI is InChI=1S/C26H27N7O3/c1-2-22(34)32-16-6-9-20(32)21-14-15-28-25-23(26(35)29-31-27)24(30-33(21)25)17-10-12-19(13-11-17)36-18-7-4-3-5-8-18/h2-5,7-8,10-13,20-21,28H,1,6,9,14-16H2,(H2,27,29,35). The third-order valence-electron chi connectivity index (χ3n) is 6.63. The van der Waals surface area contributed by atoms with Crippen LogP contribution in [0.15, 0.2) is 77.6 Å². The van der Waals surface area contributed by atoms with Crippen LogP contribution >= 0.6 is 0 Å². The van der Waals surface area contributed by atoms with Crippen molar-refractivity contribution in [2.75, 3.05) is 18.4 Å². The molecular weight excluding hydrogens is 458 g/mol. The molecular formula is C26H27N7O3. The van der Waals surface area contributed by atoms with E-state index in [1.165, 1.54) is 6.08 Å². The predicted octanol–water partition coefficient (Wildman–Crippen LogP) is 4.34. The molecule has 10 heteroatoms. The minimum atomic E-state index is -0.586. The molecule has 184 valence electrons. The Labute approximate surface area is 208 Å². The van der Waals surface area contributed by atoms with E-state index < -0.39 is 5.91 Å². The Hall–Kier alpha value is -4.47. The second kappa shape index (κ2) is 10.0. The summed E-state index contributed by atoms with van der Waals surface area (Å²) in [6.07, 6.45) is 3.88. The Morgan fingerprint density at radius 3 is 2.56 bits per heavy atom. The van der Waals surface area contributed by atoms with Gasteiger partial charge in [-0.1, -0.05) is 35.1 Å². The highest BCUT2D eigenvalue weighted by Gasteiger charge is 2.39. The fourth-order valence-electron chi connectivity index (χ4n) is 5.06. The Balaban J connectivity index is 1.53. The van der Waals surface area contributed by atoms with Crippen molar-refractivity contribution in [3.8, 4) is 22.8 Å². The summed E-state index contributed by atoms with van der Waals surface area (Å²) < 4.78 is 7.72. The molecule has 1 saturated heterocycles. The van der Waals surface area contributed by atoms with Crippen molar-refractivity contribution in [1.29, 1.82) is 0 Å². The van der Waals surface area contributed by atoms with Gasteiger partial charge < -0.3 is 20.8 Å². The zero-order chi connectivity index (χ0) is 25.1. The molecule has 1 aromatic heterocycles. The van der Waals surface area contributed by atoms with Crippen molar-refractivity contribution in [3.05, 3.63) is 72.8 Å². The number of anilines is 1. The van der Waals surface area contributed by atoms with E-state index in [0.29, 0.717) is 35.9 Å². The van der Waals surface area contributed by atoms with Crippen LogP contribution in [0.25, 0.3) is 11.3 Å². The van der Waals surface area contributed by atoms with Crippen LogP contribution in [-0.4, -0.2) is 45.6 Å². The van der Waals surface area contributed by atoms with Gasteiger partial charge in [0.05, 0.1) is 12.1 Å². The highest BCUT2D eigenvalue weighted by Crippen LogP contribution is 2.39. The van der Waals surface area contributed by atoms with Crippen molar-refractivity contribution in [2.24, 2.45) is 16.2 Å². The second-order valence-electron chi connectivity index (χ2n) is 8.71. The van der Waals surface area contributed by atoms with Gasteiger partial charge in [0, 0.05) is 18.7 Å². The number of fused-ring (bicyclic) bond motifs is 1. The second-order valence-corrected chi connectivity index (χ2v) is 8.71. The molecule has 0 saturated carbocycles. The fraction of sp³-hybridized carbons (Fsp3) is 0.269. The normalized spacial score (nSPS) is 19.1. The van der Waals surface area contributed by atoms with Crippen molar-refractivity contribution >= 4 is 17.6 Å². The number of aromatic nitrogens is 2. The van der Waals surface area contributed by atoms with Gasteiger partial charge in [0.2, 0.25) is 5.91 Å². The van der Waals surface area contributed by atoms with E-state index >= 15 is 0 Å². The van der Waals surface area contributed by atoms with Gasteiger partial charge in [-0.3, -0.25) is 9.59 Å². The van der Waals surface area contributed by atoms with E-state index in [9.17, 15) is 9.59 Å². The Bertz CT molecular complexity index is 1300. The number of para-hydroxylation sites is 1. The van der Waals surface area contributed by atoms with Gasteiger partial charge in [-0.2, -0.15) is 5.10 Å². The third-order valence-corrected chi connectivity index (χ3v) is 6.63. The first-order valence-electron chi connectivity index (χ1n) is 11.9. The van der Waals surface area contributed by atoms with E-state index in [2.05, 4.69) is 22.2 Å². The van der Waals surface area contributed by atoms with Crippen LogP contribution in [0.4, 0.5) is 5.82 Å². The number of carbonyl (C=O) groups excluding carboxylic acids is 2. The molecule has 2 unspecified atom stereocenters. The largest absolute Gasteiger partial charge is 0.457 e. The van der Waals surface area contributed by atoms with Crippen LogP contribution in [0.1, 0.15) is 35.7 Å². The predicted molar refractivity (Wildman–Crippen MR) is 135 cm³/mol. The van der Waals surface area contributed by atoms with Crippen LogP contribution in [0.2, 0.25) is 0 Å². The molecule has 1 fully saturated rings. The van der Waals surface area contributed by atoms with E-state index in [1.54, 1.807) is 0 Å². The van der Waals surface area contributed by atoms with E-state index in [4.69, 9.17) is 15.7 Å². The van der Waals surface area contributed by atoms with Gasteiger partial charge in [-0.25, -0.2) is 4.68 Å². The first-order chi connectivity index (χ1) is 17.6. The molecule has 2 aromatic carbocycles. The Morgan fingerprint density at radius 2 is 1.83 bits per heavy atom. The number of nitrogens with two attached hydrogens (primary N) is 1. The summed E-state index contributed by atoms with van der Waals surface area (Å²) >= 11 is 0. The van der Waals surface area contributed by atoms with Gasteiger partial charge in [-0.05, 0) is 61.7 Å². The van der Waals surface area contributed by atoms with Gasteiger partial charge in [0.1, 0.15) is 28.6 Å². The molecule has 0 bridgehead atoms. The molecule has 3 heterocycles. The Kier molecular flexibility index (Phi) is 6.48. The minimum Gasteiger partial charge on any atom is -0.457 e. The zero-order valence-electron chi connectivity index (χ0n) is 19.7. The maximum Gasteiger partial charge on any atom is 0.303 e. The average Bonchev–Trinajstić information content (AvgIpc) is 3.55. The number of hydrogen-bond donors (Lipinski definition) is 2. The molecule has 2 aliphatic rings. The first kappa shape index (κ1) is 23.3. The maximum atomic E-state index is 13.0. The molecule has 2 aliphatic heterocycles. The van der Waals surface area contributed by atoms with Crippen LogP contribution in [0.5, 0.6) is 11.5 Å². The number of carbonyl (C=O) groups is 2. The van der Waals surface area contributed by atoms with Gasteiger partial charge >= 0.3 is 5.91 Å². The number of benzene rings is 2. The number of ether oxygens (including phenoxy) is 1. The van der Waals surface area contributed by atoms with Crippen LogP contribution in [0.3, 0.4) is 0 Å². The summed E-state index contributed by atoms with van der Waals surface area (Å²) in [6.45, 7) is 4.96. The van der Waals surface area contributed by atoms with Crippen LogP contribution in [0, 0.1) is 0 Å². The first-order valence-corrected chi connectivity index (χ1v) is 11.9. The highest BCUT2D eigenvalue weighted by atomic mass is 16.5. The molecule has 3 aromatic rings. The SMILES string of the molecule is C=CC(=O)N1CCCC1C1CCNc2c(C(=O)N=NN)c(-c3ccc(Oc4ccccc4)cc3)nn21. The third kappa shape index (κ3) is 4.33. The lowest BCUT2D eigenvalue weighted by molar-refractivity contribution is -0.127. The lowest BCUT2D eigenvalue weighted by atomic mass is 10.00. The van der Waals surface area contributed by atoms with Gasteiger partial charge in [0.25, 0.3) is 0 Å². The van der Waals surface area contributed by atoms with E-state index in [-0.39, 0.29) is 18.0 Å². The summed E-state index contributed by atoms with van der Waals surface area (Å²) in [7, 11) is 0. The number of amides is 2. The number of hydrogen-bond acceptors (Lipinski definition) is 6. The maximum absolute atomic E-state index is 13.0. The van der Waals surface area contributed by atoms with Gasteiger partial charge in [-0.15, -0.1) is 0 Å². The fourth-order valence-corrected chi connectivity index (χ4v) is 5.06. The topological polar surface area (TPSA) is 127 Å². The number of nitrogens with zero attached hydrogens (tertiary/aromatic N) is 5. The lowest BCUT2D eigenvalue weighted by Crippen LogP contribution is -2.42. The van der Waals surface area contributed by atoms with E-state index in [1.807, 2.05) is 64.2 Å². The summed E-state index contributed by atoms with van der Waals surface area (Å²) in [4.78, 5) is 27.3. The van der Waals surface area contributed by atoms with Crippen molar-refractivity contribution in [1.82, 2.24) is 14.7 Å². The van der Waals surface area contributed by atoms with Crippen LogP contribution < -0.4 is 15.9 Å². The molecule has 5 rings (SSSR count). The molecule has 10 nitrogen and oxygen atoms in total. The van der Waals surface area contributed by atoms with Crippen molar-refractivity contribution in [3.63, 3.8) is 0 Å².